The molecule has 18 heavy (non-hydrogen) atoms. The summed E-state index contributed by atoms with van der Waals surface area (Å²) in [6.07, 6.45) is 0. The van der Waals surface area contributed by atoms with E-state index in [9.17, 15) is 0 Å². The molecule has 1 unspecified atom stereocenters. The van der Waals surface area contributed by atoms with Crippen LogP contribution in [-0.2, 0) is 0 Å². The summed E-state index contributed by atoms with van der Waals surface area (Å²) in [5, 5.41) is 21.9. The Morgan fingerprint density at radius 2 is 2.06 bits per heavy atom. The number of anilines is 1. The molecule has 0 amide bonds. The molecule has 1 aromatic rings. The molecule has 1 fully saturated rings. The topological polar surface area (TPSA) is 90.9 Å². The van der Waals surface area contributed by atoms with Crippen molar-refractivity contribution in [2.24, 2.45) is 10.9 Å². The zero-order valence-electron chi connectivity index (χ0n) is 10.6. The molecule has 1 saturated heterocycles. The van der Waals surface area contributed by atoms with Crippen molar-refractivity contribution in [2.75, 3.05) is 31.1 Å². The Balaban J connectivity index is 1.92. The van der Waals surface area contributed by atoms with Crippen molar-refractivity contribution in [3.8, 4) is 0 Å². The molecule has 0 aliphatic carbocycles. The van der Waals surface area contributed by atoms with Gasteiger partial charge < -0.3 is 15.8 Å². The van der Waals surface area contributed by atoms with Crippen molar-refractivity contribution in [1.82, 2.24) is 15.1 Å². The molecule has 7 nitrogen and oxygen atoms in total. The van der Waals surface area contributed by atoms with Crippen molar-refractivity contribution in [3.63, 3.8) is 0 Å². The van der Waals surface area contributed by atoms with E-state index in [1.807, 2.05) is 13.8 Å². The lowest BCUT2D eigenvalue weighted by atomic mass is 10.2. The van der Waals surface area contributed by atoms with E-state index in [1.165, 1.54) is 0 Å². The van der Waals surface area contributed by atoms with Crippen molar-refractivity contribution >= 4 is 22.3 Å². The maximum absolute atomic E-state index is 8.68. The minimum absolute atomic E-state index is 0.0340. The third kappa shape index (κ3) is 2.70. The Kier molecular flexibility index (Phi) is 3.97. The van der Waals surface area contributed by atoms with Crippen LogP contribution < -0.4 is 10.6 Å². The van der Waals surface area contributed by atoms with Crippen LogP contribution in [0.2, 0.25) is 0 Å². The van der Waals surface area contributed by atoms with Gasteiger partial charge in [-0.1, -0.05) is 16.5 Å². The highest BCUT2D eigenvalue weighted by atomic mass is 32.1. The first-order chi connectivity index (χ1) is 8.61. The first-order valence-corrected chi connectivity index (χ1v) is 6.70. The van der Waals surface area contributed by atoms with Gasteiger partial charge in [-0.3, -0.25) is 4.90 Å². The van der Waals surface area contributed by atoms with Crippen molar-refractivity contribution < 1.29 is 5.21 Å². The molecule has 1 aliphatic rings. The number of piperazine rings is 1. The van der Waals surface area contributed by atoms with E-state index in [-0.39, 0.29) is 11.9 Å². The number of oxime groups is 1. The molecule has 100 valence electrons. The van der Waals surface area contributed by atoms with Crippen LogP contribution in [0, 0.1) is 6.92 Å². The highest BCUT2D eigenvalue weighted by Crippen LogP contribution is 2.21. The summed E-state index contributed by atoms with van der Waals surface area (Å²) in [7, 11) is 0. The third-order valence-corrected chi connectivity index (χ3v) is 4.09. The largest absolute Gasteiger partial charge is 0.409 e. The van der Waals surface area contributed by atoms with Crippen LogP contribution in [0.15, 0.2) is 5.16 Å². The number of nitrogens with zero attached hydrogens (tertiary/aromatic N) is 5. The van der Waals surface area contributed by atoms with Crippen molar-refractivity contribution in [1.29, 1.82) is 0 Å². The number of nitrogens with two attached hydrogens (primary N) is 1. The Morgan fingerprint density at radius 3 is 2.56 bits per heavy atom. The van der Waals surface area contributed by atoms with Gasteiger partial charge in [0.2, 0.25) is 5.13 Å². The maximum Gasteiger partial charge on any atom is 0.208 e. The summed E-state index contributed by atoms with van der Waals surface area (Å²) in [5.74, 6) is 0.259. The van der Waals surface area contributed by atoms with Crippen LogP contribution in [0.3, 0.4) is 0 Å². The predicted octanol–water partition coefficient (Wildman–Crippen LogP) is 0.103. The SMILES string of the molecule is Cc1nnc(N2CCN(C(C)C(N)=NO)CC2)s1. The number of aryl methyl sites for hydroxylation is 1. The summed E-state index contributed by atoms with van der Waals surface area (Å²) >= 11 is 1.61. The van der Waals surface area contributed by atoms with Gasteiger partial charge in [0.1, 0.15) is 5.01 Å². The van der Waals surface area contributed by atoms with E-state index in [2.05, 4.69) is 25.2 Å². The number of amidine groups is 1. The second kappa shape index (κ2) is 5.49. The van der Waals surface area contributed by atoms with E-state index < -0.39 is 0 Å². The molecule has 0 spiro atoms. The molecule has 1 atom stereocenters. The molecule has 3 N–H and O–H groups in total. The molecule has 0 radical (unpaired) electrons. The van der Waals surface area contributed by atoms with Gasteiger partial charge in [-0.05, 0) is 13.8 Å². The Morgan fingerprint density at radius 1 is 1.39 bits per heavy atom. The molecular weight excluding hydrogens is 252 g/mol. The van der Waals surface area contributed by atoms with E-state index >= 15 is 0 Å². The predicted molar refractivity (Wildman–Crippen MR) is 71.3 cm³/mol. The minimum atomic E-state index is -0.0340. The number of hydrogen-bond acceptors (Lipinski definition) is 7. The number of hydrogen-bond donors (Lipinski definition) is 2. The molecule has 1 aliphatic heterocycles. The van der Waals surface area contributed by atoms with Crippen LogP contribution in [0.4, 0.5) is 5.13 Å². The quantitative estimate of drug-likeness (QED) is 0.350. The Labute approximate surface area is 110 Å². The van der Waals surface area contributed by atoms with E-state index in [0.29, 0.717) is 0 Å². The van der Waals surface area contributed by atoms with Gasteiger partial charge in [-0.2, -0.15) is 0 Å². The summed E-state index contributed by atoms with van der Waals surface area (Å²) < 4.78 is 0. The van der Waals surface area contributed by atoms with Crippen LogP contribution in [0.5, 0.6) is 0 Å². The summed E-state index contributed by atoms with van der Waals surface area (Å²) in [6.45, 7) is 7.42. The van der Waals surface area contributed by atoms with Crippen LogP contribution in [0.25, 0.3) is 0 Å². The van der Waals surface area contributed by atoms with Gasteiger partial charge in [0.15, 0.2) is 5.84 Å². The summed E-state index contributed by atoms with van der Waals surface area (Å²) in [4.78, 5) is 4.42. The molecular formula is C10H18N6OS. The van der Waals surface area contributed by atoms with Crippen LogP contribution >= 0.6 is 11.3 Å². The summed E-state index contributed by atoms with van der Waals surface area (Å²) in [5.41, 5.74) is 5.62. The normalized spacial score (nSPS) is 20.1. The molecule has 0 bridgehead atoms. The monoisotopic (exact) mass is 270 g/mol. The highest BCUT2D eigenvalue weighted by molar-refractivity contribution is 7.15. The number of rotatable bonds is 3. The standard InChI is InChI=1S/C10H18N6OS/c1-7(9(11)14-17)15-3-5-16(6-4-15)10-13-12-8(2)18-10/h7,17H,3-6H2,1-2H3,(H2,11,14). The van der Waals surface area contributed by atoms with E-state index in [1.54, 1.807) is 11.3 Å². The third-order valence-electron chi connectivity index (χ3n) is 3.19. The highest BCUT2D eigenvalue weighted by Gasteiger charge is 2.24. The zero-order valence-corrected chi connectivity index (χ0v) is 11.4. The molecule has 0 saturated carbocycles. The molecule has 1 aromatic heterocycles. The lowest BCUT2D eigenvalue weighted by molar-refractivity contribution is 0.230. The fourth-order valence-electron chi connectivity index (χ4n) is 1.99. The molecule has 2 heterocycles. The first kappa shape index (κ1) is 13.0. The smallest absolute Gasteiger partial charge is 0.208 e. The fraction of sp³-hybridized carbons (Fsp3) is 0.700. The lowest BCUT2D eigenvalue weighted by Crippen LogP contribution is -2.53. The van der Waals surface area contributed by atoms with Crippen molar-refractivity contribution in [3.05, 3.63) is 5.01 Å². The van der Waals surface area contributed by atoms with Gasteiger partial charge in [0, 0.05) is 26.2 Å². The molecule has 2 rings (SSSR count). The average molecular weight is 270 g/mol. The Bertz CT molecular complexity index is 426. The van der Waals surface area contributed by atoms with E-state index in [4.69, 9.17) is 10.9 Å². The second-order valence-corrected chi connectivity index (χ2v) is 5.49. The van der Waals surface area contributed by atoms with Crippen LogP contribution in [-0.4, -0.2) is 58.4 Å². The first-order valence-electron chi connectivity index (χ1n) is 5.88. The average Bonchev–Trinajstić information content (AvgIpc) is 2.84. The summed E-state index contributed by atoms with van der Waals surface area (Å²) in [6, 6.07) is -0.0340. The molecule has 8 heteroatoms. The zero-order chi connectivity index (χ0) is 13.1. The lowest BCUT2D eigenvalue weighted by Gasteiger charge is -2.37. The molecule has 0 aromatic carbocycles. The van der Waals surface area contributed by atoms with E-state index in [0.717, 1.165) is 36.3 Å². The van der Waals surface area contributed by atoms with Gasteiger partial charge in [-0.25, -0.2) is 0 Å². The Hall–Kier alpha value is -1.41. The van der Waals surface area contributed by atoms with Gasteiger partial charge >= 0.3 is 0 Å². The second-order valence-electron chi connectivity index (χ2n) is 4.33. The van der Waals surface area contributed by atoms with Gasteiger partial charge in [0.05, 0.1) is 6.04 Å². The fourth-order valence-corrected chi connectivity index (χ4v) is 2.72. The minimum Gasteiger partial charge on any atom is -0.409 e. The maximum atomic E-state index is 8.68. The van der Waals surface area contributed by atoms with Crippen molar-refractivity contribution in [2.45, 2.75) is 19.9 Å². The van der Waals surface area contributed by atoms with Crippen LogP contribution in [0.1, 0.15) is 11.9 Å². The number of aromatic nitrogens is 2. The van der Waals surface area contributed by atoms with Gasteiger partial charge in [0.25, 0.3) is 0 Å². The van der Waals surface area contributed by atoms with Gasteiger partial charge in [-0.15, -0.1) is 10.2 Å².